The number of halogens is 5. The van der Waals surface area contributed by atoms with Gasteiger partial charge in [-0.05, 0) is 63.5 Å². The maximum Gasteiger partial charge on any atom is 0.415 e. The molecular weight excluding hydrogens is 796 g/mol. The summed E-state index contributed by atoms with van der Waals surface area (Å²) in [5.74, 6) is -2.82. The molecule has 302 valence electrons. The molecule has 5 aromatic rings. The number of amides is 1. The first-order valence-corrected chi connectivity index (χ1v) is 19.0. The maximum atomic E-state index is 17.4. The third-order valence-corrected chi connectivity index (χ3v) is 11.5. The number of carbonyl (C=O) groups is 2. The zero-order chi connectivity index (χ0) is 40.7. The van der Waals surface area contributed by atoms with Gasteiger partial charge >= 0.3 is 18.1 Å². The van der Waals surface area contributed by atoms with Crippen LogP contribution in [0.2, 0.25) is 5.02 Å². The molecule has 20 heteroatoms. The van der Waals surface area contributed by atoms with Crippen LogP contribution in [0.25, 0.3) is 32.1 Å². The van der Waals surface area contributed by atoms with E-state index in [9.17, 15) is 9.59 Å². The Labute approximate surface area is 332 Å². The first-order valence-electron chi connectivity index (χ1n) is 17.8. The van der Waals surface area contributed by atoms with E-state index in [-0.39, 0.29) is 96.9 Å². The van der Waals surface area contributed by atoms with Crippen molar-refractivity contribution >= 4 is 72.6 Å². The number of hydrogen-bond donors (Lipinski definition) is 3. The van der Waals surface area contributed by atoms with Crippen LogP contribution in [0.5, 0.6) is 11.8 Å². The van der Waals surface area contributed by atoms with Gasteiger partial charge in [0.2, 0.25) is 6.79 Å². The van der Waals surface area contributed by atoms with Gasteiger partial charge in [-0.1, -0.05) is 23.7 Å². The van der Waals surface area contributed by atoms with Crippen molar-refractivity contribution in [2.45, 2.75) is 51.2 Å². The van der Waals surface area contributed by atoms with E-state index in [1.807, 2.05) is 7.05 Å². The number of pyridine rings is 1. The number of carbonyl (C=O) groups excluding carboxylic acids is 2. The Morgan fingerprint density at radius 3 is 2.65 bits per heavy atom. The van der Waals surface area contributed by atoms with E-state index >= 15 is 17.6 Å². The van der Waals surface area contributed by atoms with E-state index in [4.69, 9.17) is 42.0 Å². The van der Waals surface area contributed by atoms with Gasteiger partial charge in [0.25, 0.3) is 6.43 Å². The topological polar surface area (TPSA) is 180 Å². The molecule has 0 bridgehead atoms. The standard InChI is InChI=1S/C37H37ClF4N8O6S/c1-16-22-19(8-9-21(39)30(22)57-34(16)48-37(52)56-15-55-35(51)17(2)43)23-25(38)29-24-27(26(23)40)46-36(54-14-18-6-5-11-49(18)3)47-33(24)50(12-13-53-29)28(31(41)42)20-7-4-10-45-32(20)44/h4,7-10,17-18,28,31H,5-6,11-15,43H2,1-3H3,(H2,44,45)(H,48,52)/t17?,18-,28-/m0/s1. The summed E-state index contributed by atoms with van der Waals surface area (Å²) in [5, 5.41) is 2.49. The van der Waals surface area contributed by atoms with E-state index in [1.54, 1.807) is 6.92 Å². The summed E-state index contributed by atoms with van der Waals surface area (Å²) in [6.07, 6.45) is -0.883. The molecule has 0 saturated carbocycles. The smallest absolute Gasteiger partial charge is 0.415 e. The van der Waals surface area contributed by atoms with Gasteiger partial charge in [0, 0.05) is 28.8 Å². The van der Waals surface area contributed by atoms with Crippen molar-refractivity contribution < 1.29 is 46.1 Å². The fraction of sp³-hybridized carbons (Fsp3) is 0.378. The summed E-state index contributed by atoms with van der Waals surface area (Å²) in [7, 11) is 1.95. The molecule has 0 aliphatic carbocycles. The summed E-state index contributed by atoms with van der Waals surface area (Å²) in [5.41, 5.74) is 11.4. The van der Waals surface area contributed by atoms with Crippen LogP contribution in [0.3, 0.4) is 0 Å². The first kappa shape index (κ1) is 40.0. The molecule has 14 nitrogen and oxygen atoms in total. The van der Waals surface area contributed by atoms with Crippen LogP contribution in [0.4, 0.5) is 39.0 Å². The first-order chi connectivity index (χ1) is 27.3. The molecule has 1 amide bonds. The van der Waals surface area contributed by atoms with Gasteiger partial charge in [-0.15, -0.1) is 11.3 Å². The lowest BCUT2D eigenvalue weighted by Gasteiger charge is -2.32. The average molecular weight is 833 g/mol. The number of aryl methyl sites for hydroxylation is 1. The van der Waals surface area contributed by atoms with Gasteiger partial charge < -0.3 is 40.2 Å². The second kappa shape index (κ2) is 16.3. The van der Waals surface area contributed by atoms with Crippen LogP contribution in [0.1, 0.15) is 36.9 Å². The number of nitrogens with zero attached hydrogens (tertiary/aromatic N) is 5. The molecule has 2 aromatic carbocycles. The van der Waals surface area contributed by atoms with E-state index in [0.717, 1.165) is 36.8 Å². The predicted molar refractivity (Wildman–Crippen MR) is 206 cm³/mol. The molecule has 1 unspecified atom stereocenters. The fourth-order valence-electron chi connectivity index (χ4n) is 7.03. The Kier molecular flexibility index (Phi) is 11.4. The highest BCUT2D eigenvalue weighted by Gasteiger charge is 2.38. The van der Waals surface area contributed by atoms with Gasteiger partial charge in [-0.25, -0.2) is 27.3 Å². The van der Waals surface area contributed by atoms with Crippen molar-refractivity contribution in [2.75, 3.05) is 56.1 Å². The summed E-state index contributed by atoms with van der Waals surface area (Å²) >= 11 is 7.89. The van der Waals surface area contributed by atoms with E-state index < -0.39 is 49.0 Å². The number of benzene rings is 2. The van der Waals surface area contributed by atoms with Crippen molar-refractivity contribution in [1.82, 2.24) is 19.9 Å². The Morgan fingerprint density at radius 2 is 1.95 bits per heavy atom. The molecule has 0 radical (unpaired) electrons. The maximum absolute atomic E-state index is 17.4. The van der Waals surface area contributed by atoms with Crippen LogP contribution in [0.15, 0.2) is 30.5 Å². The molecule has 5 N–H and O–H groups in total. The number of nitrogens with two attached hydrogens (primary N) is 2. The lowest BCUT2D eigenvalue weighted by atomic mass is 9.96. The largest absolute Gasteiger partial charge is 0.489 e. The second-order valence-electron chi connectivity index (χ2n) is 13.6. The zero-order valence-corrected chi connectivity index (χ0v) is 32.4. The normalized spacial score (nSPS) is 16.7. The number of likely N-dealkylation sites (tertiary alicyclic amines) is 1. The number of anilines is 3. The summed E-state index contributed by atoms with van der Waals surface area (Å²) < 4.78 is 85.2. The van der Waals surface area contributed by atoms with Crippen LogP contribution in [-0.4, -0.2) is 90.6 Å². The molecule has 3 aromatic heterocycles. The molecule has 3 atom stereocenters. The average Bonchev–Trinajstić information content (AvgIpc) is 3.67. The minimum Gasteiger partial charge on any atom is -0.489 e. The number of ether oxygens (including phenoxy) is 4. The van der Waals surface area contributed by atoms with E-state index in [1.165, 1.54) is 36.2 Å². The molecule has 1 fully saturated rings. The number of aromatic nitrogens is 3. The minimum absolute atomic E-state index is 0.00636. The lowest BCUT2D eigenvalue weighted by Crippen LogP contribution is -2.37. The highest BCUT2D eigenvalue weighted by Crippen LogP contribution is 2.52. The highest BCUT2D eigenvalue weighted by molar-refractivity contribution is 7.23. The van der Waals surface area contributed by atoms with Crippen molar-refractivity contribution in [2.24, 2.45) is 5.73 Å². The Morgan fingerprint density at radius 1 is 1.16 bits per heavy atom. The quantitative estimate of drug-likeness (QED) is 0.0719. The number of esters is 1. The Balaban J connectivity index is 1.38. The Hall–Kier alpha value is -5.24. The highest BCUT2D eigenvalue weighted by atomic mass is 35.5. The third kappa shape index (κ3) is 7.63. The summed E-state index contributed by atoms with van der Waals surface area (Å²) in [6.45, 7) is 2.87. The number of rotatable bonds is 11. The van der Waals surface area contributed by atoms with E-state index in [2.05, 4.69) is 25.2 Å². The van der Waals surface area contributed by atoms with Gasteiger partial charge in [-0.2, -0.15) is 9.97 Å². The molecule has 2 aliphatic heterocycles. The molecule has 5 heterocycles. The van der Waals surface area contributed by atoms with Gasteiger partial charge in [-0.3, -0.25) is 10.1 Å². The molecule has 7 rings (SSSR count). The number of fused-ring (bicyclic) bond motifs is 1. The Bertz CT molecular complexity index is 2370. The van der Waals surface area contributed by atoms with Crippen molar-refractivity contribution in [3.63, 3.8) is 0 Å². The van der Waals surface area contributed by atoms with Crippen LogP contribution in [-0.2, 0) is 14.3 Å². The summed E-state index contributed by atoms with van der Waals surface area (Å²) in [6, 6.07) is 2.45. The predicted octanol–water partition coefficient (Wildman–Crippen LogP) is 6.80. The second-order valence-corrected chi connectivity index (χ2v) is 15.0. The van der Waals surface area contributed by atoms with Gasteiger partial charge in [0.15, 0.2) is 11.6 Å². The van der Waals surface area contributed by atoms with Gasteiger partial charge in [0.05, 0.1) is 21.7 Å². The number of nitrogens with one attached hydrogen (secondary N) is 1. The fourth-order valence-corrected chi connectivity index (χ4v) is 8.49. The number of hydrogen-bond acceptors (Lipinski definition) is 14. The molecular formula is C37H37ClF4N8O6S. The number of likely N-dealkylation sites (N-methyl/N-ethyl adjacent to an activating group) is 1. The summed E-state index contributed by atoms with van der Waals surface area (Å²) in [4.78, 5) is 40.7. The molecule has 0 spiro atoms. The van der Waals surface area contributed by atoms with Crippen molar-refractivity contribution in [3.05, 3.63) is 58.2 Å². The van der Waals surface area contributed by atoms with Crippen LogP contribution in [0, 0.1) is 18.6 Å². The monoisotopic (exact) mass is 832 g/mol. The molecule has 1 saturated heterocycles. The minimum atomic E-state index is -3.02. The lowest BCUT2D eigenvalue weighted by molar-refractivity contribution is -0.152. The van der Waals surface area contributed by atoms with Crippen LogP contribution >= 0.6 is 22.9 Å². The number of thiophene rings is 1. The van der Waals surface area contributed by atoms with Gasteiger partial charge in [0.1, 0.15) is 53.3 Å². The molecule has 57 heavy (non-hydrogen) atoms. The third-order valence-electron chi connectivity index (χ3n) is 9.91. The number of nitrogen functional groups attached to an aromatic ring is 1. The van der Waals surface area contributed by atoms with Crippen molar-refractivity contribution in [3.8, 4) is 22.9 Å². The number of alkyl halides is 2. The SMILES string of the molecule is Cc1c(NC(=O)OCOC(=O)C(C)N)sc2c(F)ccc(-c3c(Cl)c4c5c(nc(OC[C@@H]6CCCN6C)nc5c3F)N([C@@H](c3cccnc3N)C(F)F)CCO4)c12. The zero-order valence-electron chi connectivity index (χ0n) is 30.8. The van der Waals surface area contributed by atoms with Crippen LogP contribution < -0.4 is 31.2 Å². The molecule has 2 aliphatic rings. The van der Waals surface area contributed by atoms with Crippen molar-refractivity contribution in [1.29, 1.82) is 0 Å². The van der Waals surface area contributed by atoms with E-state index in [0.29, 0.717) is 5.56 Å².